The van der Waals surface area contributed by atoms with Crippen LogP contribution in [-0.4, -0.2) is 37.1 Å². The Kier molecular flexibility index (Phi) is 4.22. The summed E-state index contributed by atoms with van der Waals surface area (Å²) in [4.78, 5) is 13.6. The molecule has 1 aliphatic heterocycles. The topological polar surface area (TPSA) is 29.5 Å². The lowest BCUT2D eigenvalue weighted by Gasteiger charge is -2.33. The first-order valence-electron chi connectivity index (χ1n) is 5.11. The van der Waals surface area contributed by atoms with Crippen LogP contribution >= 0.6 is 0 Å². The van der Waals surface area contributed by atoms with Crippen molar-refractivity contribution in [3.8, 4) is 0 Å². The maximum absolute atomic E-state index is 11.4. The number of hydrogen-bond acceptors (Lipinski definition) is 3. The second kappa shape index (κ2) is 5.22. The molecule has 1 aliphatic rings. The molecule has 0 aromatic rings. The Balaban J connectivity index is 2.50. The van der Waals surface area contributed by atoms with Crippen LogP contribution in [0.1, 0.15) is 32.6 Å². The van der Waals surface area contributed by atoms with Crippen molar-refractivity contribution >= 4 is 5.97 Å². The molecular weight excluding hydrogens is 166 g/mol. The molecule has 3 nitrogen and oxygen atoms in total. The smallest absolute Gasteiger partial charge is 0.323 e. The van der Waals surface area contributed by atoms with E-state index in [0.717, 1.165) is 32.4 Å². The van der Waals surface area contributed by atoms with Gasteiger partial charge in [-0.3, -0.25) is 9.69 Å². The zero-order chi connectivity index (χ0) is 9.68. The number of hydrogen-bond donors (Lipinski definition) is 0. The summed E-state index contributed by atoms with van der Waals surface area (Å²) in [6.45, 7) is 4.20. The van der Waals surface area contributed by atoms with Gasteiger partial charge < -0.3 is 4.74 Å². The lowest BCUT2D eigenvalue weighted by Crippen LogP contribution is -2.45. The summed E-state index contributed by atoms with van der Waals surface area (Å²) in [7, 11) is 1.47. The second-order valence-electron chi connectivity index (χ2n) is 3.57. The van der Waals surface area contributed by atoms with Gasteiger partial charge in [0.2, 0.25) is 0 Å². The number of esters is 1. The average molecular weight is 185 g/mol. The van der Waals surface area contributed by atoms with Crippen molar-refractivity contribution in [2.45, 2.75) is 38.6 Å². The van der Waals surface area contributed by atoms with Gasteiger partial charge in [0.25, 0.3) is 0 Å². The molecule has 0 aromatic heterocycles. The maximum atomic E-state index is 11.4. The molecule has 0 amide bonds. The first-order valence-corrected chi connectivity index (χ1v) is 5.11. The molecule has 1 rings (SSSR count). The molecular formula is C10H19NO2. The highest BCUT2D eigenvalue weighted by Gasteiger charge is 2.28. The SMILES string of the molecule is CCCN1CCCC[C@@H]1C(=O)OC. The minimum atomic E-state index is -0.0619. The lowest BCUT2D eigenvalue weighted by molar-refractivity contribution is -0.148. The van der Waals surface area contributed by atoms with E-state index in [-0.39, 0.29) is 12.0 Å². The van der Waals surface area contributed by atoms with E-state index >= 15 is 0 Å². The van der Waals surface area contributed by atoms with Crippen molar-refractivity contribution in [1.29, 1.82) is 0 Å². The molecule has 1 saturated heterocycles. The number of carbonyl (C=O) groups excluding carboxylic acids is 1. The van der Waals surface area contributed by atoms with E-state index in [2.05, 4.69) is 11.8 Å². The molecule has 1 heterocycles. The van der Waals surface area contributed by atoms with Crippen LogP contribution in [0.3, 0.4) is 0 Å². The Hall–Kier alpha value is -0.570. The van der Waals surface area contributed by atoms with Crippen molar-refractivity contribution in [3.05, 3.63) is 0 Å². The van der Waals surface area contributed by atoms with E-state index in [4.69, 9.17) is 4.74 Å². The van der Waals surface area contributed by atoms with Crippen molar-refractivity contribution in [3.63, 3.8) is 0 Å². The average Bonchev–Trinajstić information content (AvgIpc) is 2.18. The summed E-state index contributed by atoms with van der Waals surface area (Å²) in [6.07, 6.45) is 4.44. The first-order chi connectivity index (χ1) is 6.29. The third-order valence-corrected chi connectivity index (χ3v) is 2.60. The summed E-state index contributed by atoms with van der Waals surface area (Å²) in [5, 5.41) is 0. The van der Waals surface area contributed by atoms with Gasteiger partial charge in [0.15, 0.2) is 0 Å². The molecule has 0 unspecified atom stereocenters. The van der Waals surface area contributed by atoms with Gasteiger partial charge in [0.1, 0.15) is 6.04 Å². The highest BCUT2D eigenvalue weighted by Crippen LogP contribution is 2.17. The molecule has 76 valence electrons. The number of ether oxygens (including phenoxy) is 1. The van der Waals surface area contributed by atoms with Gasteiger partial charge in [0, 0.05) is 0 Å². The summed E-state index contributed by atoms with van der Waals surface area (Å²) in [6, 6.07) is 0.0266. The highest BCUT2D eigenvalue weighted by molar-refractivity contribution is 5.75. The van der Waals surface area contributed by atoms with E-state index in [1.165, 1.54) is 13.5 Å². The number of piperidine rings is 1. The molecule has 1 atom stereocenters. The zero-order valence-corrected chi connectivity index (χ0v) is 8.58. The molecule has 0 saturated carbocycles. The van der Waals surface area contributed by atoms with Gasteiger partial charge in [-0.1, -0.05) is 13.3 Å². The number of nitrogens with zero attached hydrogens (tertiary/aromatic N) is 1. The van der Waals surface area contributed by atoms with Crippen LogP contribution in [0.15, 0.2) is 0 Å². The fourth-order valence-electron chi connectivity index (χ4n) is 1.95. The minimum absolute atomic E-state index is 0.0266. The molecule has 0 bridgehead atoms. The van der Waals surface area contributed by atoms with Gasteiger partial charge in [-0.2, -0.15) is 0 Å². The Morgan fingerprint density at radius 3 is 2.92 bits per heavy atom. The van der Waals surface area contributed by atoms with Crippen LogP contribution < -0.4 is 0 Å². The van der Waals surface area contributed by atoms with E-state index in [0.29, 0.717) is 0 Å². The van der Waals surface area contributed by atoms with Gasteiger partial charge in [-0.15, -0.1) is 0 Å². The Bertz CT molecular complexity index is 168. The predicted octanol–water partition coefficient (Wildman–Crippen LogP) is 1.42. The fourth-order valence-corrected chi connectivity index (χ4v) is 1.95. The van der Waals surface area contributed by atoms with Gasteiger partial charge in [-0.25, -0.2) is 0 Å². The molecule has 1 fully saturated rings. The normalized spacial score (nSPS) is 24.3. The highest BCUT2D eigenvalue weighted by atomic mass is 16.5. The standard InChI is InChI=1S/C10H19NO2/c1-3-7-11-8-5-4-6-9(11)10(12)13-2/h9H,3-8H2,1-2H3/t9-/m1/s1. The molecule has 0 spiro atoms. The van der Waals surface area contributed by atoms with Crippen molar-refractivity contribution in [2.75, 3.05) is 20.2 Å². The fraction of sp³-hybridized carbons (Fsp3) is 0.900. The van der Waals surface area contributed by atoms with E-state index in [1.54, 1.807) is 0 Å². The molecule has 0 N–H and O–H groups in total. The first kappa shape index (κ1) is 10.5. The van der Waals surface area contributed by atoms with Crippen LogP contribution in [0.2, 0.25) is 0 Å². The summed E-state index contributed by atoms with van der Waals surface area (Å²) >= 11 is 0. The van der Waals surface area contributed by atoms with Crippen LogP contribution in [0.5, 0.6) is 0 Å². The summed E-state index contributed by atoms with van der Waals surface area (Å²) in [5.74, 6) is -0.0619. The second-order valence-corrected chi connectivity index (χ2v) is 3.57. The minimum Gasteiger partial charge on any atom is -0.468 e. The van der Waals surface area contributed by atoms with E-state index in [1.807, 2.05) is 0 Å². The van der Waals surface area contributed by atoms with Crippen molar-refractivity contribution in [1.82, 2.24) is 4.90 Å². The number of methoxy groups -OCH3 is 1. The largest absolute Gasteiger partial charge is 0.468 e. The quantitative estimate of drug-likeness (QED) is 0.623. The lowest BCUT2D eigenvalue weighted by atomic mass is 10.0. The molecule has 0 radical (unpaired) electrons. The van der Waals surface area contributed by atoms with Crippen LogP contribution in [0.25, 0.3) is 0 Å². The monoisotopic (exact) mass is 185 g/mol. The van der Waals surface area contributed by atoms with Gasteiger partial charge in [-0.05, 0) is 32.4 Å². The molecule has 0 aliphatic carbocycles. The summed E-state index contributed by atoms with van der Waals surface area (Å²) in [5.41, 5.74) is 0. The Morgan fingerprint density at radius 2 is 2.31 bits per heavy atom. The molecule has 3 heteroatoms. The van der Waals surface area contributed by atoms with Crippen molar-refractivity contribution in [2.24, 2.45) is 0 Å². The number of rotatable bonds is 3. The Labute approximate surface area is 80.1 Å². The van der Waals surface area contributed by atoms with Gasteiger partial charge in [0.05, 0.1) is 7.11 Å². The zero-order valence-electron chi connectivity index (χ0n) is 8.58. The van der Waals surface area contributed by atoms with Crippen molar-refractivity contribution < 1.29 is 9.53 Å². The molecule has 0 aromatic carbocycles. The van der Waals surface area contributed by atoms with Crippen LogP contribution in [-0.2, 0) is 9.53 Å². The number of likely N-dealkylation sites (tertiary alicyclic amines) is 1. The third kappa shape index (κ3) is 2.69. The van der Waals surface area contributed by atoms with E-state index in [9.17, 15) is 4.79 Å². The van der Waals surface area contributed by atoms with Crippen LogP contribution in [0, 0.1) is 0 Å². The Morgan fingerprint density at radius 1 is 1.54 bits per heavy atom. The van der Waals surface area contributed by atoms with Crippen LogP contribution in [0.4, 0.5) is 0 Å². The van der Waals surface area contributed by atoms with Gasteiger partial charge >= 0.3 is 5.97 Å². The predicted molar refractivity (Wildman–Crippen MR) is 51.5 cm³/mol. The van der Waals surface area contributed by atoms with E-state index < -0.39 is 0 Å². The molecule has 13 heavy (non-hydrogen) atoms. The third-order valence-electron chi connectivity index (χ3n) is 2.60. The maximum Gasteiger partial charge on any atom is 0.323 e. The number of carbonyl (C=O) groups is 1. The summed E-state index contributed by atoms with van der Waals surface area (Å²) < 4.78 is 4.79.